The maximum atomic E-state index is 6.55. The fourth-order valence-electron chi connectivity index (χ4n) is 4.76. The number of benzene rings is 3. The van der Waals surface area contributed by atoms with Crippen LogP contribution in [0.3, 0.4) is 0 Å². The minimum Gasteiger partial charge on any atom is -0.337 e. The summed E-state index contributed by atoms with van der Waals surface area (Å²) in [4.78, 5) is 11.3. The molecule has 1 aromatic heterocycles. The summed E-state index contributed by atoms with van der Waals surface area (Å²) < 4.78 is 0. The van der Waals surface area contributed by atoms with E-state index in [1.165, 1.54) is 33.4 Å². The van der Waals surface area contributed by atoms with Gasteiger partial charge in [-0.2, -0.15) is 0 Å². The van der Waals surface area contributed by atoms with E-state index in [-0.39, 0.29) is 6.00 Å². The van der Waals surface area contributed by atoms with Crippen molar-refractivity contribution in [3.05, 3.63) is 95.3 Å². The van der Waals surface area contributed by atoms with Crippen molar-refractivity contribution < 1.29 is 0 Å². The minimum atomic E-state index is 0.243. The first-order valence-electron chi connectivity index (χ1n) is 12.5. The molecule has 0 atom stereocenters. The fourth-order valence-corrected chi connectivity index (χ4v) is 5.01. The summed E-state index contributed by atoms with van der Waals surface area (Å²) in [6, 6.07) is 21.8. The van der Waals surface area contributed by atoms with Crippen LogP contribution < -0.4 is 10.2 Å². The smallest absolute Gasteiger partial charge is 0.177 e. The third-order valence-electron chi connectivity index (χ3n) is 6.36. The molecule has 3 aromatic carbocycles. The number of alkyl halides is 1. The lowest BCUT2D eigenvalue weighted by molar-refractivity contribution is 0.838. The van der Waals surface area contributed by atoms with Crippen molar-refractivity contribution in [2.75, 3.05) is 16.2 Å². The van der Waals surface area contributed by atoms with E-state index in [0.717, 1.165) is 11.4 Å². The zero-order chi connectivity index (χ0) is 25.8. The molecule has 0 aliphatic heterocycles. The molecule has 1 N–H and O–H groups in total. The largest absolute Gasteiger partial charge is 0.337 e. The predicted molar refractivity (Wildman–Crippen MR) is 154 cm³/mol. The van der Waals surface area contributed by atoms with Crippen LogP contribution in [0.4, 0.5) is 23.0 Å². The van der Waals surface area contributed by atoms with Crippen LogP contribution in [0.25, 0.3) is 11.1 Å². The zero-order valence-corrected chi connectivity index (χ0v) is 22.8. The highest BCUT2D eigenvalue weighted by Gasteiger charge is 2.19. The van der Waals surface area contributed by atoms with E-state index in [1.807, 2.05) is 4.90 Å². The molecule has 0 radical (unpaired) electrons. The number of aryl methyl sites for hydroxylation is 2. The number of anilines is 4. The van der Waals surface area contributed by atoms with Gasteiger partial charge in [0.2, 0.25) is 0 Å². The molecule has 0 fully saturated rings. The van der Waals surface area contributed by atoms with Gasteiger partial charge in [0.15, 0.2) is 11.6 Å². The van der Waals surface area contributed by atoms with Crippen molar-refractivity contribution in [1.82, 2.24) is 9.97 Å². The van der Waals surface area contributed by atoms with Crippen LogP contribution in [0, 0.1) is 13.8 Å². The molecule has 0 aliphatic carbocycles. The van der Waals surface area contributed by atoms with E-state index < -0.39 is 0 Å². The third kappa shape index (κ3) is 5.55. The van der Waals surface area contributed by atoms with Gasteiger partial charge in [0.05, 0.1) is 6.00 Å². The zero-order valence-electron chi connectivity index (χ0n) is 22.0. The molecule has 1 heterocycles. The predicted octanol–water partition coefficient (Wildman–Crippen LogP) is 9.09. The molecule has 4 rings (SSSR count). The Balaban J connectivity index is 1.79. The number of nitrogens with zero attached hydrogens (tertiary/aromatic N) is 3. The van der Waals surface area contributed by atoms with Crippen LogP contribution in [-0.4, -0.2) is 16.0 Å². The van der Waals surface area contributed by atoms with Gasteiger partial charge in [0.25, 0.3) is 0 Å². The van der Waals surface area contributed by atoms with Gasteiger partial charge < -0.3 is 10.2 Å². The van der Waals surface area contributed by atoms with Gasteiger partial charge in [0, 0.05) is 23.8 Å². The molecule has 0 aliphatic rings. The highest BCUT2D eigenvalue weighted by Crippen LogP contribution is 2.39. The van der Waals surface area contributed by atoms with Gasteiger partial charge in [-0.3, -0.25) is 0 Å². The molecule has 0 saturated heterocycles. The summed E-state index contributed by atoms with van der Waals surface area (Å²) in [7, 11) is 0. The van der Waals surface area contributed by atoms with Gasteiger partial charge in [-0.25, -0.2) is 9.97 Å². The summed E-state index contributed by atoms with van der Waals surface area (Å²) in [5.74, 6) is 2.18. The van der Waals surface area contributed by atoms with Crippen molar-refractivity contribution in [2.24, 2.45) is 0 Å². The van der Waals surface area contributed by atoms with Gasteiger partial charge >= 0.3 is 0 Å². The monoisotopic (exact) mass is 498 g/mol. The Labute approximate surface area is 220 Å². The van der Waals surface area contributed by atoms with Crippen LogP contribution >= 0.6 is 11.6 Å². The van der Waals surface area contributed by atoms with Crippen molar-refractivity contribution in [2.45, 2.75) is 53.4 Å². The number of aromatic nitrogens is 2. The highest BCUT2D eigenvalue weighted by atomic mass is 35.5. The highest BCUT2D eigenvalue weighted by molar-refractivity contribution is 6.19. The second-order valence-electron chi connectivity index (χ2n) is 9.95. The minimum absolute atomic E-state index is 0.243. The fraction of sp³-hybridized carbons (Fsp3) is 0.290. The maximum Gasteiger partial charge on any atom is 0.177 e. The lowest BCUT2D eigenvalue weighted by Gasteiger charge is -2.25. The summed E-state index contributed by atoms with van der Waals surface area (Å²) in [6.07, 6.45) is 3.40. The number of nitrogens with one attached hydrogen (secondary N) is 1. The Hall–Kier alpha value is -3.37. The summed E-state index contributed by atoms with van der Waals surface area (Å²) in [6.45, 7) is 13.2. The second-order valence-corrected chi connectivity index (χ2v) is 10.2. The first-order valence-corrected chi connectivity index (χ1v) is 13.0. The van der Waals surface area contributed by atoms with Crippen LogP contribution in [0.2, 0.25) is 0 Å². The van der Waals surface area contributed by atoms with Crippen molar-refractivity contribution >= 4 is 34.6 Å². The number of hydrogen-bond acceptors (Lipinski definition) is 4. The van der Waals surface area contributed by atoms with Crippen LogP contribution in [0.5, 0.6) is 0 Å². The molecule has 4 nitrogen and oxygen atoms in total. The first kappa shape index (κ1) is 25.7. The van der Waals surface area contributed by atoms with Crippen LogP contribution in [-0.2, 0) is 0 Å². The summed E-state index contributed by atoms with van der Waals surface area (Å²) in [5.41, 5.74) is 9.53. The van der Waals surface area contributed by atoms with Crippen LogP contribution in [0.1, 0.15) is 61.8 Å². The third-order valence-corrected chi connectivity index (χ3v) is 6.60. The molecule has 0 unspecified atom stereocenters. The molecule has 0 bridgehead atoms. The molecule has 0 amide bonds. The lowest BCUT2D eigenvalue weighted by atomic mass is 9.85. The molecule has 4 aromatic rings. The Kier molecular flexibility index (Phi) is 7.95. The number of rotatable bonds is 8. The van der Waals surface area contributed by atoms with Crippen molar-refractivity contribution in [3.63, 3.8) is 0 Å². The molecule has 0 saturated carbocycles. The van der Waals surface area contributed by atoms with E-state index >= 15 is 0 Å². The SMILES string of the molecule is Cc1cc(C)cc(Nc2nccnc2N(CCl)c2cccc(-c3c(C(C)C)cccc3C(C)C)c2)c1. The lowest BCUT2D eigenvalue weighted by Crippen LogP contribution is -2.18. The summed E-state index contributed by atoms with van der Waals surface area (Å²) in [5, 5.41) is 3.46. The standard InChI is InChI=1S/C31H35ClN4/c1-20(2)27-11-8-12-28(21(3)4)29(27)24-9-7-10-26(18-24)36(19-32)31-30(33-13-14-34-31)35-25-16-22(5)15-23(6)17-25/h7-18,20-21H,19H2,1-6H3,(H,33,35). The van der Waals surface area contributed by atoms with E-state index in [9.17, 15) is 0 Å². The number of halogens is 1. The number of hydrogen-bond donors (Lipinski definition) is 1. The van der Waals surface area contributed by atoms with Crippen molar-refractivity contribution in [3.8, 4) is 11.1 Å². The quantitative estimate of drug-likeness (QED) is 0.194. The Morgan fingerprint density at radius 3 is 2.03 bits per heavy atom. The Bertz CT molecular complexity index is 1300. The molecular formula is C31H35ClN4. The van der Waals surface area contributed by atoms with Gasteiger partial charge in [-0.05, 0) is 83.3 Å². The van der Waals surface area contributed by atoms with Crippen molar-refractivity contribution in [1.29, 1.82) is 0 Å². The maximum absolute atomic E-state index is 6.55. The van der Waals surface area contributed by atoms with Gasteiger partial charge in [0.1, 0.15) is 0 Å². The average Bonchev–Trinajstić information content (AvgIpc) is 2.84. The van der Waals surface area contributed by atoms with E-state index in [4.69, 9.17) is 11.6 Å². The molecule has 186 valence electrons. The topological polar surface area (TPSA) is 41.1 Å². The molecule has 5 heteroatoms. The van der Waals surface area contributed by atoms with E-state index in [1.54, 1.807) is 12.4 Å². The Morgan fingerprint density at radius 2 is 1.42 bits per heavy atom. The Morgan fingerprint density at radius 1 is 0.806 bits per heavy atom. The second kappa shape index (κ2) is 11.1. The molecular weight excluding hydrogens is 464 g/mol. The first-order chi connectivity index (χ1) is 17.3. The molecule has 36 heavy (non-hydrogen) atoms. The van der Waals surface area contributed by atoms with E-state index in [0.29, 0.717) is 23.5 Å². The van der Waals surface area contributed by atoms with E-state index in [2.05, 4.69) is 117 Å². The molecule has 0 spiro atoms. The van der Waals surface area contributed by atoms with Gasteiger partial charge in [-0.1, -0.05) is 64.1 Å². The van der Waals surface area contributed by atoms with Gasteiger partial charge in [-0.15, -0.1) is 11.6 Å². The average molecular weight is 499 g/mol. The normalized spacial score (nSPS) is 11.2. The van der Waals surface area contributed by atoms with Crippen LogP contribution in [0.15, 0.2) is 73.1 Å². The summed E-state index contributed by atoms with van der Waals surface area (Å²) >= 11 is 6.55.